The summed E-state index contributed by atoms with van der Waals surface area (Å²) in [7, 11) is 0. The molecule has 0 bridgehead atoms. The number of rotatable bonds is 5. The lowest BCUT2D eigenvalue weighted by Gasteiger charge is -2.18. The van der Waals surface area contributed by atoms with Crippen molar-refractivity contribution in [2.45, 2.75) is 32.1 Å². The fourth-order valence-corrected chi connectivity index (χ4v) is 2.48. The van der Waals surface area contributed by atoms with Crippen molar-refractivity contribution >= 4 is 6.09 Å². The minimum Gasteiger partial charge on any atom is -0.464 e. The number of hydrogen-bond acceptors (Lipinski definition) is 2. The highest BCUT2D eigenvalue weighted by Gasteiger charge is 2.16. The van der Waals surface area contributed by atoms with Gasteiger partial charge in [0.25, 0.3) is 5.56 Å². The molecule has 1 heterocycles. The van der Waals surface area contributed by atoms with Crippen LogP contribution < -0.4 is 5.56 Å². The highest BCUT2D eigenvalue weighted by Crippen LogP contribution is 2.29. The van der Waals surface area contributed by atoms with Gasteiger partial charge in [-0.15, -0.1) is 0 Å². The number of hydrogen-bond donors (Lipinski definition) is 1. The van der Waals surface area contributed by atoms with Gasteiger partial charge in [0, 0.05) is 18.2 Å². The van der Waals surface area contributed by atoms with Crippen molar-refractivity contribution in [3.8, 4) is 0 Å². The quantitative estimate of drug-likeness (QED) is 0.911. The number of carbonyl (C=O) groups is 1. The minimum atomic E-state index is -1.25. The summed E-state index contributed by atoms with van der Waals surface area (Å²) in [6.07, 6.45) is 3.24. The molecule has 4 nitrogen and oxygen atoms in total. The number of aromatic nitrogens is 1. The fraction of sp³-hybridized carbons (Fsp3) is 0.294. The normalized spacial score (nSPS) is 12.0. The fourth-order valence-electron chi connectivity index (χ4n) is 2.48. The first-order valence-corrected chi connectivity index (χ1v) is 7.14. The summed E-state index contributed by atoms with van der Waals surface area (Å²) in [6, 6.07) is 13.0. The van der Waals surface area contributed by atoms with Crippen molar-refractivity contribution < 1.29 is 9.90 Å². The second kappa shape index (κ2) is 6.88. The first-order valence-electron chi connectivity index (χ1n) is 7.14. The lowest BCUT2D eigenvalue weighted by molar-refractivity contribution is 0.195. The predicted molar refractivity (Wildman–Crippen MR) is 81.9 cm³/mol. The molecule has 21 heavy (non-hydrogen) atoms. The Kier molecular flexibility index (Phi) is 4.93. The van der Waals surface area contributed by atoms with E-state index >= 15 is 0 Å². The average Bonchev–Trinajstić information content (AvgIpc) is 2.50. The van der Waals surface area contributed by atoms with Gasteiger partial charge in [-0.05, 0) is 17.5 Å². The lowest BCUT2D eigenvalue weighted by Crippen LogP contribution is -2.25. The monoisotopic (exact) mass is 285 g/mol. The third kappa shape index (κ3) is 3.60. The van der Waals surface area contributed by atoms with Gasteiger partial charge < -0.3 is 5.11 Å². The molecule has 0 aliphatic rings. The van der Waals surface area contributed by atoms with Gasteiger partial charge in [0.2, 0.25) is 0 Å². The Balaban J connectivity index is 2.44. The van der Waals surface area contributed by atoms with Crippen LogP contribution in [0.15, 0.2) is 53.5 Å². The van der Waals surface area contributed by atoms with Gasteiger partial charge in [-0.25, -0.2) is 9.36 Å². The van der Waals surface area contributed by atoms with E-state index < -0.39 is 11.7 Å². The van der Waals surface area contributed by atoms with E-state index in [2.05, 4.69) is 6.92 Å². The largest absolute Gasteiger partial charge is 0.464 e. The van der Waals surface area contributed by atoms with Gasteiger partial charge in [-0.1, -0.05) is 56.2 Å². The Bertz CT molecular complexity index is 661. The molecule has 110 valence electrons. The summed E-state index contributed by atoms with van der Waals surface area (Å²) in [5, 5.41) is 9.08. The van der Waals surface area contributed by atoms with E-state index in [1.807, 2.05) is 30.3 Å². The maximum Gasteiger partial charge on any atom is 0.418 e. The SMILES string of the molecule is CCCCC(c1ccccc1)c1ccc(=O)n(C(=O)O)c1. The molecule has 1 N–H and O–H groups in total. The van der Waals surface area contributed by atoms with Gasteiger partial charge in [0.05, 0.1) is 0 Å². The van der Waals surface area contributed by atoms with E-state index in [9.17, 15) is 9.59 Å². The van der Waals surface area contributed by atoms with Crippen molar-refractivity contribution in [3.05, 3.63) is 70.1 Å². The van der Waals surface area contributed by atoms with Crippen LogP contribution in [-0.4, -0.2) is 15.8 Å². The number of pyridine rings is 1. The molecule has 2 rings (SSSR count). The molecule has 0 fully saturated rings. The van der Waals surface area contributed by atoms with Crippen LogP contribution >= 0.6 is 0 Å². The molecule has 4 heteroatoms. The second-order valence-electron chi connectivity index (χ2n) is 5.06. The van der Waals surface area contributed by atoms with Gasteiger partial charge in [-0.2, -0.15) is 0 Å². The molecule has 0 saturated heterocycles. The first kappa shape index (κ1) is 15.0. The Morgan fingerprint density at radius 3 is 2.48 bits per heavy atom. The number of nitrogens with zero attached hydrogens (tertiary/aromatic N) is 1. The van der Waals surface area contributed by atoms with Crippen LogP contribution in [0, 0.1) is 0 Å². The number of benzene rings is 1. The summed E-state index contributed by atoms with van der Waals surface area (Å²) in [5.41, 5.74) is 1.48. The van der Waals surface area contributed by atoms with Gasteiger partial charge >= 0.3 is 6.09 Å². The van der Waals surface area contributed by atoms with Crippen molar-refractivity contribution in [1.82, 2.24) is 4.57 Å². The molecule has 1 aromatic carbocycles. The zero-order valence-electron chi connectivity index (χ0n) is 12.0. The predicted octanol–water partition coefficient (Wildman–Crippen LogP) is 3.70. The van der Waals surface area contributed by atoms with Crippen molar-refractivity contribution in [2.24, 2.45) is 0 Å². The highest BCUT2D eigenvalue weighted by molar-refractivity contribution is 5.67. The molecule has 0 spiro atoms. The molecule has 0 amide bonds. The number of carboxylic acid groups (broad SMARTS) is 1. The van der Waals surface area contributed by atoms with Gasteiger partial charge in [0.15, 0.2) is 0 Å². The Morgan fingerprint density at radius 2 is 1.86 bits per heavy atom. The van der Waals surface area contributed by atoms with Crippen LogP contribution in [0.5, 0.6) is 0 Å². The summed E-state index contributed by atoms with van der Waals surface area (Å²) in [4.78, 5) is 22.7. The van der Waals surface area contributed by atoms with E-state index in [-0.39, 0.29) is 5.92 Å². The molecule has 1 aromatic heterocycles. The van der Waals surface area contributed by atoms with Crippen LogP contribution in [0.3, 0.4) is 0 Å². The summed E-state index contributed by atoms with van der Waals surface area (Å²) < 4.78 is 0.747. The Hall–Kier alpha value is -2.36. The maximum absolute atomic E-state index is 11.6. The molecule has 0 aliphatic heterocycles. The molecular formula is C17H19NO3. The van der Waals surface area contributed by atoms with Crippen molar-refractivity contribution in [1.29, 1.82) is 0 Å². The molecule has 0 saturated carbocycles. The van der Waals surface area contributed by atoms with Crippen LogP contribution in [0.25, 0.3) is 0 Å². The van der Waals surface area contributed by atoms with Crippen molar-refractivity contribution in [3.63, 3.8) is 0 Å². The third-order valence-corrected chi connectivity index (χ3v) is 3.59. The first-order chi connectivity index (χ1) is 10.1. The van der Waals surface area contributed by atoms with E-state index in [0.717, 1.165) is 35.0 Å². The summed E-state index contributed by atoms with van der Waals surface area (Å²) in [5.74, 6) is 0.109. The molecule has 2 aromatic rings. The van der Waals surface area contributed by atoms with E-state index in [4.69, 9.17) is 5.11 Å². The maximum atomic E-state index is 11.6. The van der Waals surface area contributed by atoms with Crippen molar-refractivity contribution in [2.75, 3.05) is 0 Å². The van der Waals surface area contributed by atoms with E-state index in [1.165, 1.54) is 12.3 Å². The highest BCUT2D eigenvalue weighted by atomic mass is 16.4. The van der Waals surface area contributed by atoms with E-state index in [0.29, 0.717) is 0 Å². The molecule has 1 atom stereocenters. The zero-order chi connectivity index (χ0) is 15.2. The molecule has 0 radical (unpaired) electrons. The second-order valence-corrected chi connectivity index (χ2v) is 5.06. The van der Waals surface area contributed by atoms with Gasteiger partial charge in [-0.3, -0.25) is 4.79 Å². The third-order valence-electron chi connectivity index (χ3n) is 3.59. The molecule has 1 unspecified atom stereocenters. The van der Waals surface area contributed by atoms with Crippen LogP contribution in [0.1, 0.15) is 43.2 Å². The Morgan fingerprint density at radius 1 is 1.14 bits per heavy atom. The zero-order valence-corrected chi connectivity index (χ0v) is 12.0. The Labute approximate surface area is 123 Å². The lowest BCUT2D eigenvalue weighted by atomic mass is 9.88. The standard InChI is InChI=1S/C17H19NO3/c1-2-3-9-15(13-7-5-4-6-8-13)14-10-11-16(19)18(12-14)17(20)21/h4-8,10-12,15H,2-3,9H2,1H3,(H,20,21). The summed E-state index contributed by atoms with van der Waals surface area (Å²) >= 11 is 0. The topological polar surface area (TPSA) is 59.3 Å². The number of unbranched alkanes of at least 4 members (excludes halogenated alkanes) is 1. The summed E-state index contributed by atoms with van der Waals surface area (Å²) in [6.45, 7) is 2.13. The average molecular weight is 285 g/mol. The molecular weight excluding hydrogens is 266 g/mol. The van der Waals surface area contributed by atoms with Crippen LogP contribution in [0.2, 0.25) is 0 Å². The van der Waals surface area contributed by atoms with E-state index in [1.54, 1.807) is 6.07 Å². The van der Waals surface area contributed by atoms with Crippen LogP contribution in [0.4, 0.5) is 4.79 Å². The van der Waals surface area contributed by atoms with Gasteiger partial charge in [0.1, 0.15) is 0 Å². The minimum absolute atomic E-state index is 0.109. The van der Waals surface area contributed by atoms with Crippen LogP contribution in [-0.2, 0) is 0 Å². The smallest absolute Gasteiger partial charge is 0.418 e. The molecule has 0 aliphatic carbocycles.